The molecule has 1 heterocycles. The Morgan fingerprint density at radius 2 is 1.64 bits per heavy atom. The van der Waals surface area contributed by atoms with E-state index in [0.29, 0.717) is 0 Å². The molecular formula is C28H35N3O5. The number of pyridine rings is 1. The third-order valence-electron chi connectivity index (χ3n) is 5.63. The first-order chi connectivity index (χ1) is 17.1. The summed E-state index contributed by atoms with van der Waals surface area (Å²) in [6.45, 7) is 9.29. The SMILES string of the molecule is C/C=C(C(/C=c1/cc(NC(=O)c2c(O)c(O)c(C)c(O)c2O)nc/c1=C\CC)=C/C)\N(C)/C=C/CC. The van der Waals surface area contributed by atoms with E-state index in [4.69, 9.17) is 0 Å². The van der Waals surface area contributed by atoms with Crippen molar-refractivity contribution >= 4 is 23.9 Å². The number of aromatic hydroxyl groups is 4. The number of hydrogen-bond donors (Lipinski definition) is 5. The Bertz CT molecular complexity index is 1310. The number of amides is 1. The Labute approximate surface area is 211 Å². The molecule has 2 aromatic rings. The molecule has 2 rings (SSSR count). The molecule has 1 aromatic heterocycles. The van der Waals surface area contributed by atoms with E-state index in [1.165, 1.54) is 6.92 Å². The lowest BCUT2D eigenvalue weighted by molar-refractivity contribution is 0.101. The Morgan fingerprint density at radius 1 is 1.00 bits per heavy atom. The number of rotatable bonds is 8. The van der Waals surface area contributed by atoms with Gasteiger partial charge in [0.1, 0.15) is 11.4 Å². The number of nitrogens with zero attached hydrogens (tertiary/aromatic N) is 2. The highest BCUT2D eigenvalue weighted by Gasteiger charge is 2.26. The standard InChI is InChI=1S/C28H35N3O5/c1-7-11-13-31(6)21(10-4)18(9-3)14-20-15-22(29-16-19(20)12-8-2)30-28(36)23-26(34)24(32)17(5)25(33)27(23)35/h9-16,32-35H,7-8H2,1-6H3,(H,30,36)/b13-11+,18-9+,19-12+,20-14-,21-10-. The van der Waals surface area contributed by atoms with Gasteiger partial charge in [-0.05, 0) is 68.0 Å². The lowest BCUT2D eigenvalue weighted by atomic mass is 10.1. The van der Waals surface area contributed by atoms with Crippen LogP contribution in [0.5, 0.6) is 23.0 Å². The van der Waals surface area contributed by atoms with Crippen molar-refractivity contribution in [1.82, 2.24) is 9.88 Å². The van der Waals surface area contributed by atoms with E-state index in [-0.39, 0.29) is 11.4 Å². The number of aromatic nitrogens is 1. The number of likely N-dealkylation sites (N-methyl/N-ethyl adjacent to an activating group) is 1. The zero-order chi connectivity index (χ0) is 27.0. The molecule has 0 aliphatic rings. The van der Waals surface area contributed by atoms with Crippen LogP contribution in [0.2, 0.25) is 0 Å². The van der Waals surface area contributed by atoms with Gasteiger partial charge in [-0.25, -0.2) is 4.98 Å². The maximum absolute atomic E-state index is 12.9. The molecule has 1 amide bonds. The molecule has 0 saturated heterocycles. The number of anilines is 1. The van der Waals surface area contributed by atoms with Crippen molar-refractivity contribution in [3.8, 4) is 23.0 Å². The minimum atomic E-state index is -0.939. The third kappa shape index (κ3) is 6.07. The zero-order valence-corrected chi connectivity index (χ0v) is 21.6. The summed E-state index contributed by atoms with van der Waals surface area (Å²) in [6, 6.07) is 1.68. The number of phenols is 4. The molecule has 0 fully saturated rings. The Morgan fingerprint density at radius 3 is 2.17 bits per heavy atom. The predicted octanol–water partition coefficient (Wildman–Crippen LogP) is 4.14. The van der Waals surface area contributed by atoms with Gasteiger partial charge < -0.3 is 30.6 Å². The molecule has 0 aliphatic heterocycles. The van der Waals surface area contributed by atoms with Crippen LogP contribution in [0.25, 0.3) is 12.2 Å². The van der Waals surface area contributed by atoms with Gasteiger partial charge >= 0.3 is 0 Å². The topological polar surface area (TPSA) is 126 Å². The fraction of sp³-hybridized carbons (Fsp3) is 0.286. The van der Waals surface area contributed by atoms with Crippen molar-refractivity contribution in [3.05, 3.63) is 69.5 Å². The first kappa shape index (κ1) is 28.0. The van der Waals surface area contributed by atoms with Crippen molar-refractivity contribution in [2.45, 2.75) is 47.5 Å². The lowest BCUT2D eigenvalue weighted by Crippen LogP contribution is -2.28. The van der Waals surface area contributed by atoms with E-state index in [1.807, 2.05) is 63.2 Å². The van der Waals surface area contributed by atoms with Gasteiger partial charge in [-0.1, -0.05) is 38.2 Å². The van der Waals surface area contributed by atoms with E-state index < -0.39 is 34.5 Å². The summed E-state index contributed by atoms with van der Waals surface area (Å²) >= 11 is 0. The van der Waals surface area contributed by atoms with E-state index in [0.717, 1.165) is 34.5 Å². The van der Waals surface area contributed by atoms with Gasteiger partial charge in [0.2, 0.25) is 0 Å². The highest BCUT2D eigenvalue weighted by atomic mass is 16.3. The Kier molecular flexibility index (Phi) is 9.73. The lowest BCUT2D eigenvalue weighted by Gasteiger charge is -2.19. The number of hydrogen-bond acceptors (Lipinski definition) is 7. The molecule has 0 saturated carbocycles. The Hall–Kier alpha value is -4.20. The van der Waals surface area contributed by atoms with Gasteiger partial charge in [-0.3, -0.25) is 4.79 Å². The van der Waals surface area contributed by atoms with Crippen molar-refractivity contribution in [3.63, 3.8) is 0 Å². The van der Waals surface area contributed by atoms with Crippen LogP contribution >= 0.6 is 0 Å². The number of carbonyl (C=O) groups excluding carboxylic acids is 1. The smallest absolute Gasteiger partial charge is 0.264 e. The maximum atomic E-state index is 12.9. The molecular weight excluding hydrogens is 458 g/mol. The highest BCUT2D eigenvalue weighted by molar-refractivity contribution is 6.09. The van der Waals surface area contributed by atoms with Crippen molar-refractivity contribution in [1.29, 1.82) is 0 Å². The molecule has 8 heteroatoms. The molecule has 0 bridgehead atoms. The average Bonchev–Trinajstić information content (AvgIpc) is 2.86. The third-order valence-corrected chi connectivity index (χ3v) is 5.63. The number of phenolic OH excluding ortho intramolecular Hbond substituents is 4. The number of benzene rings is 1. The molecule has 8 nitrogen and oxygen atoms in total. The van der Waals surface area contributed by atoms with Crippen LogP contribution in [0, 0.1) is 6.92 Å². The van der Waals surface area contributed by atoms with Crippen molar-refractivity contribution in [2.24, 2.45) is 0 Å². The predicted molar refractivity (Wildman–Crippen MR) is 143 cm³/mol. The van der Waals surface area contributed by atoms with Gasteiger partial charge in [0.05, 0.1) is 0 Å². The van der Waals surface area contributed by atoms with E-state index >= 15 is 0 Å². The second kappa shape index (κ2) is 12.5. The quantitative estimate of drug-likeness (QED) is 0.213. The van der Waals surface area contributed by atoms with Gasteiger partial charge in [0.25, 0.3) is 5.91 Å². The van der Waals surface area contributed by atoms with Crippen LogP contribution in [0.15, 0.2) is 48.0 Å². The highest BCUT2D eigenvalue weighted by Crippen LogP contribution is 2.45. The zero-order valence-electron chi connectivity index (χ0n) is 21.6. The molecule has 5 N–H and O–H groups in total. The summed E-state index contributed by atoms with van der Waals surface area (Å²) < 4.78 is 0. The summed E-state index contributed by atoms with van der Waals surface area (Å²) in [5.41, 5.74) is 1.15. The first-order valence-electron chi connectivity index (χ1n) is 11.8. The Balaban J connectivity index is 2.59. The van der Waals surface area contributed by atoms with Crippen LogP contribution in [-0.4, -0.2) is 43.3 Å². The fourth-order valence-electron chi connectivity index (χ4n) is 3.67. The molecule has 0 aliphatic carbocycles. The van der Waals surface area contributed by atoms with Gasteiger partial charge in [0, 0.05) is 24.5 Å². The largest absolute Gasteiger partial charge is 0.504 e. The monoisotopic (exact) mass is 493 g/mol. The van der Waals surface area contributed by atoms with E-state index in [1.54, 1.807) is 12.3 Å². The van der Waals surface area contributed by atoms with Crippen LogP contribution in [0.1, 0.15) is 56.5 Å². The first-order valence-corrected chi connectivity index (χ1v) is 11.8. The normalized spacial score (nSPS) is 13.5. The van der Waals surface area contributed by atoms with E-state index in [9.17, 15) is 25.2 Å². The van der Waals surface area contributed by atoms with Crippen LogP contribution in [0.3, 0.4) is 0 Å². The molecule has 0 atom stereocenters. The van der Waals surface area contributed by atoms with Crippen LogP contribution < -0.4 is 15.8 Å². The van der Waals surface area contributed by atoms with Gasteiger partial charge in [-0.2, -0.15) is 0 Å². The fourth-order valence-corrected chi connectivity index (χ4v) is 3.67. The van der Waals surface area contributed by atoms with Crippen LogP contribution in [0.4, 0.5) is 5.82 Å². The maximum Gasteiger partial charge on any atom is 0.264 e. The number of allylic oxidation sites excluding steroid dienone is 4. The second-order valence-electron chi connectivity index (χ2n) is 8.13. The number of carbonyl (C=O) groups is 1. The minimum Gasteiger partial charge on any atom is -0.504 e. The van der Waals surface area contributed by atoms with Crippen molar-refractivity contribution < 1.29 is 25.2 Å². The summed E-state index contributed by atoms with van der Waals surface area (Å²) in [4.78, 5) is 19.2. The van der Waals surface area contributed by atoms with Crippen LogP contribution in [-0.2, 0) is 0 Å². The van der Waals surface area contributed by atoms with Gasteiger partial charge in [0.15, 0.2) is 23.0 Å². The molecule has 0 unspecified atom stereocenters. The molecule has 36 heavy (non-hydrogen) atoms. The molecule has 0 radical (unpaired) electrons. The average molecular weight is 494 g/mol. The molecule has 1 aromatic carbocycles. The van der Waals surface area contributed by atoms with Crippen molar-refractivity contribution in [2.75, 3.05) is 12.4 Å². The molecule has 192 valence electrons. The minimum absolute atomic E-state index is 0.145. The second-order valence-corrected chi connectivity index (χ2v) is 8.13. The van der Waals surface area contributed by atoms with E-state index in [2.05, 4.69) is 23.3 Å². The molecule has 0 spiro atoms. The summed E-state index contributed by atoms with van der Waals surface area (Å²) in [7, 11) is 1.97. The summed E-state index contributed by atoms with van der Waals surface area (Å²) in [5, 5.41) is 44.6. The van der Waals surface area contributed by atoms with Gasteiger partial charge in [-0.15, -0.1) is 0 Å². The number of nitrogens with one attached hydrogen (secondary N) is 1. The summed E-state index contributed by atoms with van der Waals surface area (Å²) in [5.74, 6) is -3.83. The summed E-state index contributed by atoms with van der Waals surface area (Å²) in [6.07, 6.45) is 15.4.